The van der Waals surface area contributed by atoms with Crippen molar-refractivity contribution < 1.29 is 174 Å². The lowest BCUT2D eigenvalue weighted by Gasteiger charge is -2.40. The quantitative estimate of drug-likeness (QED) is 0.00844. The molecule has 606 valence electrons. The van der Waals surface area contributed by atoms with Gasteiger partial charge >= 0.3 is 58.3 Å². The fourth-order valence-corrected chi connectivity index (χ4v) is 19.0. The first-order valence-corrected chi connectivity index (χ1v) is 43.5. The SMILES string of the molecule is CO[C@@H]1[C@H](OP(=O)(O)OC[C@H]2O[C@@H](n3cnc4c(N)ncnc43)[C@H](O[Si](C)(C)C(C)(C)C)[C@@H]2OP(=O)(O)O)[C@@H](COP(=O)(O)O[C@H]2[C@@H](OC)[C@H](n3cnc4c(N)ncnc43)O[C@@H]2COP(=O)(O)OP(=O)(O)OP(=O)(O)OC[C@H]2O[C@@H]([n+]3cn(C)c4c(=O)[nH]c(N(C)C)nc43)[C@H](O)[C@@H]2O)O[C@H]1n1ccc(=O)[nH]c1=O.[I-]. The fraction of sp³-hybridized carbons (Fsp3) is 0.620. The molecule has 0 aliphatic carbocycles. The second-order valence-corrected chi connectivity index (χ2v) is 39.5. The summed E-state index contributed by atoms with van der Waals surface area (Å²) in [7, 11) is -31.9. The van der Waals surface area contributed by atoms with E-state index in [0.29, 0.717) is 0 Å². The summed E-state index contributed by atoms with van der Waals surface area (Å²) < 4.78 is 176. The summed E-state index contributed by atoms with van der Waals surface area (Å²) in [5.41, 5.74) is 9.44. The van der Waals surface area contributed by atoms with E-state index in [1.807, 2.05) is 25.8 Å². The highest BCUT2D eigenvalue weighted by molar-refractivity contribution is 7.66. The number of imidazole rings is 3. The van der Waals surface area contributed by atoms with Crippen LogP contribution in [-0.2, 0) is 108 Å². The molecule has 4 aliphatic rings. The average molecular weight is 1800 g/mol. The first-order chi connectivity index (χ1) is 50.2. The number of aliphatic hydroxyl groups is 2. The zero-order valence-corrected chi connectivity index (χ0v) is 66.9. The Morgan fingerprint density at radius 2 is 1.06 bits per heavy atom. The van der Waals surface area contributed by atoms with Crippen LogP contribution in [0.4, 0.5) is 17.6 Å². The highest BCUT2D eigenvalue weighted by Gasteiger charge is 2.58. The summed E-state index contributed by atoms with van der Waals surface area (Å²) in [6.07, 6.45) is -21.9. The van der Waals surface area contributed by atoms with E-state index in [1.165, 1.54) is 38.3 Å². The van der Waals surface area contributed by atoms with Crippen molar-refractivity contribution >= 4 is 106 Å². The van der Waals surface area contributed by atoms with Crippen LogP contribution < -0.4 is 61.7 Å². The number of nitrogens with zero attached hydrogens (tertiary/aromatic N) is 13. The number of methoxy groups -OCH3 is 2. The predicted molar refractivity (Wildman–Crippen MR) is 360 cm³/mol. The number of aryl methyl sites for hydroxylation is 1. The second-order valence-electron chi connectivity index (χ2n) is 26.1. The van der Waals surface area contributed by atoms with Gasteiger partial charge in [0, 0.05) is 40.6 Å². The Bertz CT molecular complexity index is 4990. The van der Waals surface area contributed by atoms with E-state index >= 15 is 0 Å². The lowest BCUT2D eigenvalue weighted by Crippen LogP contribution is -3.00. The summed E-state index contributed by atoms with van der Waals surface area (Å²) in [6.45, 7) is 4.20. The molecule has 4 fully saturated rings. The van der Waals surface area contributed by atoms with Crippen LogP contribution in [0, 0.1) is 0 Å². The number of aromatic nitrogens is 14. The van der Waals surface area contributed by atoms with Crippen LogP contribution in [0.1, 0.15) is 45.7 Å². The number of H-pyrrole nitrogens is 2. The van der Waals surface area contributed by atoms with E-state index in [9.17, 15) is 86.2 Å². The van der Waals surface area contributed by atoms with E-state index in [4.69, 9.17) is 76.0 Å². The number of hydrogen-bond donors (Lipinski definition) is 13. The summed E-state index contributed by atoms with van der Waals surface area (Å²) in [6, 6.07) is 0.872. The summed E-state index contributed by atoms with van der Waals surface area (Å²) in [4.78, 5) is 150. The molecular formula is C50H76IN17O34P6Si. The Morgan fingerprint density at radius 3 is 1.50 bits per heavy atom. The number of ether oxygens (including phenoxy) is 6. The highest BCUT2D eigenvalue weighted by Crippen LogP contribution is 2.68. The molecule has 4 aliphatic heterocycles. The maximum Gasteiger partial charge on any atom is 0.490 e. The largest absolute Gasteiger partial charge is 1.00 e. The van der Waals surface area contributed by atoms with Crippen LogP contribution in [0.3, 0.4) is 0 Å². The molecule has 11 rings (SSSR count). The number of phosphoric ester groups is 5. The van der Waals surface area contributed by atoms with Gasteiger partial charge in [0.05, 0.1) is 46.1 Å². The minimum Gasteiger partial charge on any atom is -1.00 e. The topological polar surface area (TPSA) is 684 Å². The molecule has 51 nitrogen and oxygen atoms in total. The van der Waals surface area contributed by atoms with Gasteiger partial charge in [0.25, 0.3) is 17.1 Å². The average Bonchev–Trinajstić information content (AvgIpc) is 1.62. The van der Waals surface area contributed by atoms with Gasteiger partial charge in [-0.25, -0.2) is 66.7 Å². The zero-order valence-electron chi connectivity index (χ0n) is 58.4. The summed E-state index contributed by atoms with van der Waals surface area (Å²) in [5, 5.41) is 21.4. The monoisotopic (exact) mass is 1800 g/mol. The number of halogens is 1. The predicted octanol–water partition coefficient (Wildman–Crippen LogP) is -4.40. The van der Waals surface area contributed by atoms with Crippen molar-refractivity contribution in [3.63, 3.8) is 0 Å². The maximum atomic E-state index is 14.5. The Balaban J connectivity index is 0.0000127. The molecule has 7 aromatic rings. The third-order valence-corrected chi connectivity index (χ3v) is 28.9. The molecule has 0 saturated carbocycles. The van der Waals surface area contributed by atoms with Crippen LogP contribution >= 0.6 is 46.9 Å². The normalized spacial score (nSPS) is 29.1. The summed E-state index contributed by atoms with van der Waals surface area (Å²) in [5.74, 6) is -0.138. The van der Waals surface area contributed by atoms with Crippen molar-refractivity contribution in [3.05, 3.63) is 75.1 Å². The van der Waals surface area contributed by atoms with Gasteiger partial charge in [-0.15, -0.1) is 0 Å². The molecule has 5 unspecified atom stereocenters. The van der Waals surface area contributed by atoms with E-state index < -0.39 is 202 Å². The number of aromatic amines is 2. The molecule has 0 spiro atoms. The standard InChI is InChI=1S/C50H75N17O34P6Si.HI/c1-50(2,3)108(9,10)99-37-34(96-102(73,74)75)25(95-47(37)66-20-58-28-39(52)54-18-56-41(28)66)15-89-104(78,79)97-32-23(93-45(35(32)86-7)64-12-11-26(68)59-49(64)72)14-88-103(76,77)98-33-24(94-46(36(33)87-8)65-19-57-27-38(51)53-17-55-40(27)65)16-91-106(82,83)101-107(84,85)100-105(80,81)90-13-22-30(69)31(70)44(92-22)67-21-63(6)29-42(67)60-48(62(4)5)61-43(29)71;/h11-12,17-25,30-37,44-47,69-70H,13-16H2,1-10H3,(H12-,51,52,53,54,55,56,59,60,61,68,71,72,73,74,75,76,77,78,79,80,81,82,83,84,85);1H/t22-,23-,24-,25-,30-,31-,32-,33-,34-,35-,36-,37-,44-,45-,46-,47-;/m1./s1. The molecule has 109 heavy (non-hydrogen) atoms. The molecule has 0 amide bonds. The molecule has 0 radical (unpaired) electrons. The van der Waals surface area contributed by atoms with Crippen molar-refractivity contribution in [2.45, 2.75) is 137 Å². The molecule has 21 atom stereocenters. The van der Waals surface area contributed by atoms with Gasteiger partial charge in [-0.1, -0.05) is 25.8 Å². The number of nitrogen functional groups attached to an aromatic ring is 2. The van der Waals surface area contributed by atoms with Crippen molar-refractivity contribution in [2.24, 2.45) is 7.05 Å². The van der Waals surface area contributed by atoms with Crippen LogP contribution in [0.2, 0.25) is 18.1 Å². The van der Waals surface area contributed by atoms with Gasteiger partial charge in [0.1, 0.15) is 96.9 Å². The van der Waals surface area contributed by atoms with E-state index in [0.717, 1.165) is 54.6 Å². The van der Waals surface area contributed by atoms with Gasteiger partial charge in [-0.05, 0) is 18.1 Å². The minimum atomic E-state index is -6.34. The molecule has 0 aromatic carbocycles. The first-order valence-electron chi connectivity index (χ1n) is 31.5. The van der Waals surface area contributed by atoms with Gasteiger partial charge in [-0.2, -0.15) is 8.62 Å². The van der Waals surface area contributed by atoms with Crippen molar-refractivity contribution in [2.75, 3.05) is 71.1 Å². The van der Waals surface area contributed by atoms with Gasteiger partial charge in [0.2, 0.25) is 11.7 Å². The molecule has 15 N–H and O–H groups in total. The number of hydrogen-bond acceptors (Lipinski definition) is 37. The lowest BCUT2D eigenvalue weighted by atomic mass is 10.1. The number of nitrogens with one attached hydrogen (secondary N) is 2. The molecule has 4 saturated heterocycles. The number of fused-ring (bicyclic) bond motifs is 3. The summed E-state index contributed by atoms with van der Waals surface area (Å²) >= 11 is 0. The molecular weight excluding hydrogens is 1720 g/mol. The maximum absolute atomic E-state index is 14.5. The van der Waals surface area contributed by atoms with Crippen LogP contribution in [-0.4, -0.2) is 244 Å². The van der Waals surface area contributed by atoms with E-state index in [-0.39, 0.29) is 75.1 Å². The van der Waals surface area contributed by atoms with E-state index in [1.54, 1.807) is 27.2 Å². The minimum absolute atomic E-state index is 0. The smallest absolute Gasteiger partial charge is 0.490 e. The third kappa shape index (κ3) is 19.0. The number of nitrogens with two attached hydrogens (primary N) is 2. The molecule has 59 heteroatoms. The Kier molecular flexibility index (Phi) is 25.8. The van der Waals surface area contributed by atoms with E-state index in [2.05, 4.69) is 48.5 Å². The van der Waals surface area contributed by atoms with Crippen LogP contribution in [0.25, 0.3) is 33.5 Å². The number of rotatable bonds is 31. The van der Waals surface area contributed by atoms with Gasteiger partial charge in [-0.3, -0.25) is 69.5 Å². The van der Waals surface area contributed by atoms with Crippen LogP contribution in [0.5, 0.6) is 0 Å². The zero-order chi connectivity index (χ0) is 79.1. The molecule has 0 bridgehead atoms. The second kappa shape index (κ2) is 32.6. The van der Waals surface area contributed by atoms with Crippen molar-refractivity contribution in [1.82, 2.24) is 63.1 Å². The third-order valence-electron chi connectivity index (χ3n) is 17.7. The Morgan fingerprint density at radius 1 is 0.606 bits per heavy atom. The fourth-order valence-electron chi connectivity index (χ4n) is 11.7. The van der Waals surface area contributed by atoms with Gasteiger partial charge in [0.15, 0.2) is 56.3 Å². The number of phosphoric acid groups is 6. The van der Waals surface area contributed by atoms with Crippen molar-refractivity contribution in [3.8, 4) is 0 Å². The van der Waals surface area contributed by atoms with Crippen molar-refractivity contribution in [1.29, 1.82) is 0 Å². The molecule has 11 heterocycles. The van der Waals surface area contributed by atoms with Gasteiger partial charge < -0.3 is 118 Å². The number of anilines is 3. The highest BCUT2D eigenvalue weighted by atomic mass is 127. The van der Waals surface area contributed by atoms with Crippen LogP contribution in [0.15, 0.2) is 58.3 Å². The Labute approximate surface area is 630 Å². The Hall–Kier alpha value is -5.14. The lowest BCUT2D eigenvalue weighted by molar-refractivity contribution is -0.745. The number of aliphatic hydroxyl groups excluding tert-OH is 2. The molecule has 7 aromatic heterocycles. The first kappa shape index (κ1) is 86.3.